The first-order chi connectivity index (χ1) is 31.9. The molecular weight excluding hydrogens is 972 g/mol. The fourth-order valence-electron chi connectivity index (χ4n) is 5.72. The van der Waals surface area contributed by atoms with Gasteiger partial charge in [0, 0.05) is 36.1 Å². The summed E-state index contributed by atoms with van der Waals surface area (Å²) in [5, 5.41) is 10.1. The SMILES string of the molecule is C=CCOC(=O)C(C)Cc1ccc(OP(=O)(Cl)N(C)CCCCCl)cc1.C=CCOC(=O)C(C)Cc1ccc(OP(=O)(OCc2ccc(C)o2)N(C)CCCCCl)cc1.Cc1ccc(C[O-])o1.[Li+]. The minimum atomic E-state index is -3.65. The van der Waals surface area contributed by atoms with Gasteiger partial charge < -0.3 is 32.5 Å². The zero-order valence-electron chi connectivity index (χ0n) is 40.4. The van der Waals surface area contributed by atoms with Crippen molar-refractivity contribution in [3.8, 4) is 11.5 Å². The number of carbonyl (C=O) groups is 2. The van der Waals surface area contributed by atoms with E-state index in [-0.39, 0.29) is 69.1 Å². The second-order valence-corrected chi connectivity index (χ2v) is 21.3. The van der Waals surface area contributed by atoms with Gasteiger partial charge in [-0.2, -0.15) is 0 Å². The van der Waals surface area contributed by atoms with Crippen molar-refractivity contribution in [2.75, 3.05) is 52.2 Å². The Kier molecular flexibility index (Phi) is 31.6. The van der Waals surface area contributed by atoms with Gasteiger partial charge in [0.25, 0.3) is 0 Å². The molecule has 0 aliphatic rings. The number of aryl methyl sites for hydroxylation is 2. The minimum Gasteiger partial charge on any atom is -0.849 e. The molecule has 2 heterocycles. The molecule has 2 aromatic carbocycles. The fourth-order valence-corrected chi connectivity index (χ4v) is 8.92. The predicted octanol–water partition coefficient (Wildman–Crippen LogP) is 8.87. The van der Waals surface area contributed by atoms with Crippen molar-refractivity contribution >= 4 is 61.0 Å². The van der Waals surface area contributed by atoms with E-state index in [1.54, 1.807) is 68.2 Å². The molecule has 4 rings (SSSR count). The number of nitrogens with zero attached hydrogens (tertiary/aromatic N) is 2. The van der Waals surface area contributed by atoms with E-state index < -0.39 is 14.6 Å². The second-order valence-electron chi connectivity index (χ2n) is 15.4. The van der Waals surface area contributed by atoms with Crippen molar-refractivity contribution in [2.45, 2.75) is 79.4 Å². The molecule has 2 aromatic heterocycles. The largest absolute Gasteiger partial charge is 1.00 e. The number of esters is 2. The topological polar surface area (TPSA) is 170 Å². The van der Waals surface area contributed by atoms with Crippen LogP contribution in [0.25, 0.3) is 0 Å². The number of hydrogen-bond acceptors (Lipinski definition) is 12. The molecule has 0 saturated heterocycles. The molecule has 68 heavy (non-hydrogen) atoms. The summed E-state index contributed by atoms with van der Waals surface area (Å²) in [5.41, 5.74) is 1.88. The molecule has 0 radical (unpaired) electrons. The Morgan fingerprint density at radius 1 is 0.691 bits per heavy atom. The van der Waals surface area contributed by atoms with Gasteiger partial charge in [-0.15, -0.1) is 23.2 Å². The fraction of sp³-hybridized carbons (Fsp3) is 0.458. The summed E-state index contributed by atoms with van der Waals surface area (Å²) in [5.74, 6) is 3.43. The maximum atomic E-state index is 13.6. The van der Waals surface area contributed by atoms with Crippen molar-refractivity contribution in [1.82, 2.24) is 9.34 Å². The van der Waals surface area contributed by atoms with E-state index in [1.165, 1.54) is 16.8 Å². The molecule has 0 amide bonds. The minimum absolute atomic E-state index is 0. The molecule has 4 atom stereocenters. The maximum Gasteiger partial charge on any atom is 1.00 e. The molecule has 372 valence electrons. The van der Waals surface area contributed by atoms with E-state index in [4.69, 9.17) is 66.3 Å². The van der Waals surface area contributed by atoms with Crippen LogP contribution in [0.15, 0.2) is 107 Å². The standard InChI is InChI=1S/C24H33ClNO6P.C18H26Cl2NO4P.C6H7O2.Li/c1-5-16-29-24(27)19(2)17-21-9-12-22(13-10-21)32-33(28,26(4)15-7-6-14-25)30-18-23-11-8-20(3)31-23;1-4-13-24-18(22)15(2)14-16-7-9-17(10-8-16)25-26(20,23)21(3)12-6-5-11-19;1-5-2-3-6(4-7)8-5;/h5,8-13,19H,1,6-7,14-18H2,2-4H3;4,7-10,15H,1,5-6,11-14H2,2-3H3;2-3H,4H2,1H3;/q;;-1;+1. The van der Waals surface area contributed by atoms with E-state index in [0.717, 1.165) is 48.3 Å². The van der Waals surface area contributed by atoms with E-state index >= 15 is 0 Å². The van der Waals surface area contributed by atoms with Crippen molar-refractivity contribution in [1.29, 1.82) is 0 Å². The third-order valence-corrected chi connectivity index (χ3v) is 14.4. The van der Waals surface area contributed by atoms with E-state index in [2.05, 4.69) is 13.2 Å². The molecule has 0 aliphatic carbocycles. The van der Waals surface area contributed by atoms with Crippen LogP contribution < -0.4 is 33.0 Å². The molecule has 20 heteroatoms. The Bertz CT molecular complexity index is 2160. The molecule has 0 spiro atoms. The summed E-state index contributed by atoms with van der Waals surface area (Å²) in [6.07, 6.45) is 7.29. The normalized spacial score (nSPS) is 13.5. The maximum absolute atomic E-state index is 13.6. The van der Waals surface area contributed by atoms with Crippen LogP contribution in [0, 0.1) is 25.7 Å². The average molecular weight is 1040 g/mol. The van der Waals surface area contributed by atoms with E-state index in [9.17, 15) is 23.8 Å². The van der Waals surface area contributed by atoms with Crippen LogP contribution in [0.4, 0.5) is 0 Å². The van der Waals surface area contributed by atoms with Crippen LogP contribution in [-0.4, -0.2) is 73.4 Å². The number of carbonyl (C=O) groups excluding carboxylic acids is 2. The van der Waals surface area contributed by atoms with E-state index in [1.807, 2.05) is 51.1 Å². The van der Waals surface area contributed by atoms with Gasteiger partial charge in [-0.3, -0.25) is 14.1 Å². The Labute approximate surface area is 429 Å². The van der Waals surface area contributed by atoms with Crippen LogP contribution in [0.5, 0.6) is 11.5 Å². The number of ether oxygens (including phenoxy) is 2. The van der Waals surface area contributed by atoms with Crippen LogP contribution in [0.2, 0.25) is 0 Å². The zero-order chi connectivity index (χ0) is 49.8. The summed E-state index contributed by atoms with van der Waals surface area (Å²) in [7, 11) is -0.292. The van der Waals surface area contributed by atoms with Crippen LogP contribution in [-0.2, 0) is 58.8 Å². The van der Waals surface area contributed by atoms with Crippen LogP contribution in [0.1, 0.15) is 73.7 Å². The summed E-state index contributed by atoms with van der Waals surface area (Å²) < 4.78 is 66.9. The first kappa shape index (κ1) is 62.8. The van der Waals surface area contributed by atoms with Gasteiger partial charge in [0.05, 0.1) is 17.6 Å². The van der Waals surface area contributed by atoms with Crippen LogP contribution in [0.3, 0.4) is 0 Å². The van der Waals surface area contributed by atoms with Gasteiger partial charge in [0.2, 0.25) is 0 Å². The number of unbranched alkanes of at least 4 members (excludes halogenated alkanes) is 2. The molecule has 0 fully saturated rings. The molecule has 0 saturated carbocycles. The number of rotatable bonds is 28. The molecule has 4 unspecified atom stereocenters. The monoisotopic (exact) mass is 1040 g/mol. The average Bonchev–Trinajstić information content (AvgIpc) is 3.94. The van der Waals surface area contributed by atoms with Crippen LogP contribution >= 0.6 is 49.1 Å². The Hall–Kier alpha value is -3.21. The number of hydrogen-bond donors (Lipinski definition) is 0. The molecule has 14 nitrogen and oxygen atoms in total. The molecule has 0 bridgehead atoms. The first-order valence-corrected chi connectivity index (χ1v) is 26.8. The smallest absolute Gasteiger partial charge is 0.849 e. The Morgan fingerprint density at radius 3 is 1.50 bits per heavy atom. The summed E-state index contributed by atoms with van der Waals surface area (Å²) in [4.78, 5) is 23.7. The summed E-state index contributed by atoms with van der Waals surface area (Å²) in [6, 6.07) is 21.2. The molecule has 0 N–H and O–H groups in total. The quantitative estimate of drug-likeness (QED) is 0.0132. The van der Waals surface area contributed by atoms with Gasteiger partial charge in [-0.1, -0.05) is 70.0 Å². The predicted molar refractivity (Wildman–Crippen MR) is 264 cm³/mol. The Morgan fingerprint density at radius 2 is 1.12 bits per heavy atom. The number of furan rings is 2. The summed E-state index contributed by atoms with van der Waals surface area (Å²) >= 11 is 17.5. The van der Waals surface area contributed by atoms with Gasteiger partial charge in [0.1, 0.15) is 48.6 Å². The van der Waals surface area contributed by atoms with Crippen molar-refractivity contribution in [3.63, 3.8) is 0 Å². The van der Waals surface area contributed by atoms with Crippen molar-refractivity contribution in [3.05, 3.63) is 132 Å². The third-order valence-electron chi connectivity index (χ3n) is 9.52. The Balaban J connectivity index is 0.000000586. The van der Waals surface area contributed by atoms with Gasteiger partial charge in [-0.05, 0) is 126 Å². The third kappa shape index (κ3) is 24.6. The van der Waals surface area contributed by atoms with Gasteiger partial charge in [0.15, 0.2) is 0 Å². The van der Waals surface area contributed by atoms with E-state index in [0.29, 0.717) is 60.7 Å². The zero-order valence-corrected chi connectivity index (χ0v) is 44.4. The van der Waals surface area contributed by atoms with Gasteiger partial charge in [-0.25, -0.2) is 18.5 Å². The molecular formula is C48H66Cl3LiN2O12P2. The number of halogens is 3. The van der Waals surface area contributed by atoms with Gasteiger partial charge >= 0.3 is 45.4 Å². The molecule has 4 aromatic rings. The number of benzene rings is 2. The molecule has 0 aliphatic heterocycles. The second kappa shape index (κ2) is 34.2. The van der Waals surface area contributed by atoms with Crippen molar-refractivity contribution < 1.29 is 74.6 Å². The van der Waals surface area contributed by atoms with Crippen molar-refractivity contribution in [2.24, 2.45) is 11.8 Å². The summed E-state index contributed by atoms with van der Waals surface area (Å²) in [6.45, 7) is 12.1. The first-order valence-electron chi connectivity index (χ1n) is 21.8. The number of alkyl halides is 2.